The Labute approximate surface area is 209 Å². The van der Waals surface area contributed by atoms with Gasteiger partial charge in [0.05, 0.1) is 15.9 Å². The van der Waals surface area contributed by atoms with Crippen molar-refractivity contribution < 1.29 is 26.4 Å². The number of hydrogen-bond acceptors (Lipinski definition) is 5. The number of pyridine rings is 1. The van der Waals surface area contributed by atoms with E-state index in [9.17, 15) is 26.4 Å². The Morgan fingerprint density at radius 2 is 1.78 bits per heavy atom. The molecule has 1 saturated carbocycles. The number of alkyl halides is 3. The molecule has 2 atom stereocenters. The lowest BCUT2D eigenvalue weighted by Gasteiger charge is -2.42. The first-order valence-corrected chi connectivity index (χ1v) is 13.6. The van der Waals surface area contributed by atoms with Gasteiger partial charge in [-0.25, -0.2) is 18.1 Å². The third-order valence-corrected chi connectivity index (χ3v) is 8.96. The fraction of sp³-hybridized carbons (Fsp3) is 0.520. The Bertz CT molecular complexity index is 1180. The van der Waals surface area contributed by atoms with Gasteiger partial charge in [0.2, 0.25) is 15.9 Å². The van der Waals surface area contributed by atoms with Gasteiger partial charge in [0.1, 0.15) is 5.82 Å². The monoisotopic (exact) mass is 524 g/mol. The van der Waals surface area contributed by atoms with E-state index in [4.69, 9.17) is 0 Å². The second kappa shape index (κ2) is 10.0. The molecule has 1 amide bonds. The summed E-state index contributed by atoms with van der Waals surface area (Å²) in [4.78, 5) is 21.5. The standard InChI is InChI=1S/C25H31F3N4O3S/c1-18(2)24(10-8-20(17-24)30-36(34,35)21-6-4-3-5-7-21)23(33)32-14-12-31(13-15-32)22-16-19(9-11-29-22)25(26,27)28/h3-7,9,11,16,18,20,30H,8,10,12-15,17H2,1-2H3/t20-,24+/m1/s1. The van der Waals surface area contributed by atoms with E-state index < -0.39 is 27.2 Å². The van der Waals surface area contributed by atoms with E-state index in [2.05, 4.69) is 9.71 Å². The van der Waals surface area contributed by atoms with Crippen LogP contribution in [-0.2, 0) is 21.0 Å². The summed E-state index contributed by atoms with van der Waals surface area (Å²) in [6.07, 6.45) is -1.76. The molecule has 0 bridgehead atoms. The smallest absolute Gasteiger partial charge is 0.353 e. The highest BCUT2D eigenvalue weighted by atomic mass is 32.2. The molecule has 1 N–H and O–H groups in total. The Kier molecular flexibility index (Phi) is 7.34. The summed E-state index contributed by atoms with van der Waals surface area (Å²) in [5.41, 5.74) is -1.44. The summed E-state index contributed by atoms with van der Waals surface area (Å²) < 4.78 is 67.6. The molecule has 36 heavy (non-hydrogen) atoms. The number of anilines is 1. The van der Waals surface area contributed by atoms with Gasteiger partial charge in [-0.1, -0.05) is 32.0 Å². The van der Waals surface area contributed by atoms with E-state index in [0.29, 0.717) is 45.4 Å². The second-order valence-corrected chi connectivity index (χ2v) is 11.6. The van der Waals surface area contributed by atoms with Crippen LogP contribution >= 0.6 is 0 Å². The van der Waals surface area contributed by atoms with Gasteiger partial charge in [-0.2, -0.15) is 13.2 Å². The lowest BCUT2D eigenvalue weighted by Crippen LogP contribution is -2.54. The molecule has 196 valence electrons. The average Bonchev–Trinajstić information content (AvgIpc) is 3.28. The third kappa shape index (κ3) is 5.36. The predicted octanol–water partition coefficient (Wildman–Crippen LogP) is 3.92. The minimum absolute atomic E-state index is 0.000562. The van der Waals surface area contributed by atoms with Crippen molar-refractivity contribution in [3.8, 4) is 0 Å². The first-order chi connectivity index (χ1) is 16.9. The van der Waals surface area contributed by atoms with Crippen LogP contribution in [0.2, 0.25) is 0 Å². The Balaban J connectivity index is 1.42. The number of hydrogen-bond donors (Lipinski definition) is 1. The van der Waals surface area contributed by atoms with Crippen molar-refractivity contribution in [2.45, 2.75) is 50.2 Å². The number of piperazine rings is 1. The number of nitrogens with zero attached hydrogens (tertiary/aromatic N) is 3. The SMILES string of the molecule is CC(C)[C@]1(C(=O)N2CCN(c3cc(C(F)(F)F)ccn3)CC2)CC[C@@H](NS(=O)(=O)c2ccccc2)C1. The normalized spacial score (nSPS) is 23.3. The zero-order valence-corrected chi connectivity index (χ0v) is 21.1. The summed E-state index contributed by atoms with van der Waals surface area (Å²) in [6, 6.07) is 9.79. The molecule has 0 radical (unpaired) electrons. The minimum Gasteiger partial charge on any atom is -0.353 e. The summed E-state index contributed by atoms with van der Waals surface area (Å²) >= 11 is 0. The number of carbonyl (C=O) groups excluding carboxylic acids is 1. The van der Waals surface area contributed by atoms with E-state index in [0.717, 1.165) is 18.3 Å². The van der Waals surface area contributed by atoms with Crippen LogP contribution in [0.5, 0.6) is 0 Å². The highest BCUT2D eigenvalue weighted by Gasteiger charge is 2.50. The largest absolute Gasteiger partial charge is 0.416 e. The van der Waals surface area contributed by atoms with Gasteiger partial charge in [-0.3, -0.25) is 4.79 Å². The minimum atomic E-state index is -4.44. The Morgan fingerprint density at radius 3 is 2.39 bits per heavy atom. The quantitative estimate of drug-likeness (QED) is 0.620. The predicted molar refractivity (Wildman–Crippen MR) is 130 cm³/mol. The molecule has 1 aromatic carbocycles. The molecular formula is C25H31F3N4O3S. The zero-order valence-electron chi connectivity index (χ0n) is 20.3. The van der Waals surface area contributed by atoms with E-state index in [-0.39, 0.29) is 28.6 Å². The number of rotatable bonds is 6. The molecule has 1 aliphatic carbocycles. The van der Waals surface area contributed by atoms with Crippen LogP contribution in [0.25, 0.3) is 0 Å². The van der Waals surface area contributed by atoms with Crippen LogP contribution in [0, 0.1) is 11.3 Å². The zero-order chi connectivity index (χ0) is 26.1. The lowest BCUT2D eigenvalue weighted by molar-refractivity contribution is -0.145. The molecule has 4 rings (SSSR count). The maximum atomic E-state index is 13.7. The molecule has 1 aromatic heterocycles. The fourth-order valence-electron chi connectivity index (χ4n) is 5.25. The lowest BCUT2D eigenvalue weighted by atomic mass is 9.74. The summed E-state index contributed by atoms with van der Waals surface area (Å²) in [5, 5.41) is 0. The first-order valence-electron chi connectivity index (χ1n) is 12.1. The average molecular weight is 525 g/mol. The first kappa shape index (κ1) is 26.4. The van der Waals surface area contributed by atoms with E-state index in [1.54, 1.807) is 28.0 Å². The number of carbonyl (C=O) groups is 1. The third-order valence-electron chi connectivity index (χ3n) is 7.42. The van der Waals surface area contributed by atoms with Crippen LogP contribution in [0.4, 0.5) is 19.0 Å². The second-order valence-electron chi connectivity index (χ2n) is 9.86. The van der Waals surface area contributed by atoms with Crippen LogP contribution in [0.15, 0.2) is 53.6 Å². The topological polar surface area (TPSA) is 82.6 Å². The number of halogens is 3. The van der Waals surface area contributed by atoms with Crippen molar-refractivity contribution in [2.75, 3.05) is 31.1 Å². The van der Waals surface area contributed by atoms with E-state index in [1.807, 2.05) is 13.8 Å². The molecule has 2 aliphatic rings. The maximum absolute atomic E-state index is 13.7. The van der Waals surface area contributed by atoms with Crippen molar-refractivity contribution in [1.29, 1.82) is 0 Å². The molecule has 0 spiro atoms. The van der Waals surface area contributed by atoms with Crippen molar-refractivity contribution in [3.63, 3.8) is 0 Å². The molecule has 0 unspecified atom stereocenters. The Morgan fingerprint density at radius 1 is 1.11 bits per heavy atom. The summed E-state index contributed by atoms with van der Waals surface area (Å²) in [6.45, 7) is 5.44. The molecule has 2 heterocycles. The molecule has 1 saturated heterocycles. The highest BCUT2D eigenvalue weighted by molar-refractivity contribution is 7.89. The van der Waals surface area contributed by atoms with Gasteiger partial charge in [0, 0.05) is 38.4 Å². The van der Waals surface area contributed by atoms with Gasteiger partial charge < -0.3 is 9.80 Å². The molecular weight excluding hydrogens is 493 g/mol. The van der Waals surface area contributed by atoms with Crippen LogP contribution < -0.4 is 9.62 Å². The van der Waals surface area contributed by atoms with Crippen LogP contribution in [0.1, 0.15) is 38.7 Å². The molecule has 2 aromatic rings. The number of sulfonamides is 1. The van der Waals surface area contributed by atoms with Crippen molar-refractivity contribution in [2.24, 2.45) is 11.3 Å². The van der Waals surface area contributed by atoms with Gasteiger partial charge in [0.15, 0.2) is 0 Å². The van der Waals surface area contributed by atoms with Crippen LogP contribution in [-0.4, -0.2) is 56.4 Å². The molecule has 1 aliphatic heterocycles. The van der Waals surface area contributed by atoms with Crippen molar-refractivity contribution in [3.05, 3.63) is 54.2 Å². The molecule has 7 nitrogen and oxygen atoms in total. The van der Waals surface area contributed by atoms with Gasteiger partial charge in [-0.05, 0) is 49.4 Å². The van der Waals surface area contributed by atoms with Gasteiger partial charge in [-0.15, -0.1) is 0 Å². The van der Waals surface area contributed by atoms with Crippen LogP contribution in [0.3, 0.4) is 0 Å². The van der Waals surface area contributed by atoms with Crippen molar-refractivity contribution in [1.82, 2.24) is 14.6 Å². The summed E-state index contributed by atoms with van der Waals surface area (Å²) in [7, 11) is -3.69. The van der Waals surface area contributed by atoms with E-state index >= 15 is 0 Å². The fourth-order valence-corrected chi connectivity index (χ4v) is 6.54. The molecule has 2 fully saturated rings. The number of amides is 1. The highest BCUT2D eigenvalue weighted by Crippen LogP contribution is 2.46. The maximum Gasteiger partial charge on any atom is 0.416 e. The van der Waals surface area contributed by atoms with Gasteiger partial charge >= 0.3 is 6.18 Å². The molecule has 11 heteroatoms. The Hall–Kier alpha value is -2.66. The number of nitrogens with one attached hydrogen (secondary N) is 1. The summed E-state index contributed by atoms with van der Waals surface area (Å²) in [5.74, 6) is 0.224. The van der Waals surface area contributed by atoms with E-state index in [1.165, 1.54) is 12.1 Å². The van der Waals surface area contributed by atoms with Crippen molar-refractivity contribution >= 4 is 21.7 Å². The number of aromatic nitrogens is 1. The van der Waals surface area contributed by atoms with Gasteiger partial charge in [0.25, 0.3) is 0 Å². The number of benzene rings is 1.